The zero-order chi connectivity index (χ0) is 23.4. The van der Waals surface area contributed by atoms with Crippen molar-refractivity contribution in [3.05, 3.63) is 41.7 Å². The van der Waals surface area contributed by atoms with E-state index in [-0.39, 0.29) is 19.1 Å². The fourth-order valence-electron chi connectivity index (χ4n) is 3.86. The Balaban J connectivity index is 0.00000324. The third-order valence-corrected chi connectivity index (χ3v) is 5.58. The molecule has 0 aliphatic carbocycles. The Bertz CT molecular complexity index is 1010. The third-order valence-electron chi connectivity index (χ3n) is 5.58. The minimum atomic E-state index is -0.511. The summed E-state index contributed by atoms with van der Waals surface area (Å²) in [4.78, 5) is 25.3. The first-order valence-corrected chi connectivity index (χ1v) is 11.1. The van der Waals surface area contributed by atoms with Gasteiger partial charge in [0.25, 0.3) is 5.91 Å². The Morgan fingerprint density at radius 1 is 1.24 bits per heavy atom. The van der Waals surface area contributed by atoms with Gasteiger partial charge in [0, 0.05) is 51.0 Å². The molecule has 0 bridgehead atoms. The molecule has 2 aromatic heterocycles. The van der Waals surface area contributed by atoms with E-state index in [2.05, 4.69) is 14.9 Å². The third kappa shape index (κ3) is 5.40. The molecule has 10 heteroatoms. The lowest BCUT2D eigenvalue weighted by Crippen LogP contribution is -2.53. The van der Waals surface area contributed by atoms with Crippen molar-refractivity contribution in [3.8, 4) is 5.88 Å². The van der Waals surface area contributed by atoms with E-state index < -0.39 is 6.10 Å². The van der Waals surface area contributed by atoms with Crippen LogP contribution in [-0.4, -0.2) is 84.7 Å². The Labute approximate surface area is 194 Å². The molecule has 33 heavy (non-hydrogen) atoms. The molecule has 4 rings (SSSR count). The van der Waals surface area contributed by atoms with Crippen LogP contribution < -0.4 is 15.4 Å². The lowest BCUT2D eigenvalue weighted by molar-refractivity contribution is -0.158. The number of nitrogens with two attached hydrogens (primary N) is 1. The van der Waals surface area contributed by atoms with Crippen LogP contribution in [0.4, 0.5) is 11.5 Å². The average Bonchev–Trinajstić information content (AvgIpc) is 2.85. The van der Waals surface area contributed by atoms with E-state index in [1.54, 1.807) is 18.3 Å². The molecule has 10 nitrogen and oxygen atoms in total. The van der Waals surface area contributed by atoms with Crippen LogP contribution in [0.2, 0.25) is 0 Å². The second-order valence-corrected chi connectivity index (χ2v) is 8.30. The van der Waals surface area contributed by atoms with E-state index in [1.807, 2.05) is 24.8 Å². The van der Waals surface area contributed by atoms with Crippen molar-refractivity contribution in [3.63, 3.8) is 0 Å². The quantitative estimate of drug-likeness (QED) is 0.627. The van der Waals surface area contributed by atoms with Crippen LogP contribution in [0.25, 0.3) is 0 Å². The van der Waals surface area contributed by atoms with Crippen LogP contribution in [-0.2, 0) is 14.3 Å². The highest BCUT2D eigenvalue weighted by Crippen LogP contribution is 2.23. The molecule has 1 amide bonds. The van der Waals surface area contributed by atoms with Crippen molar-refractivity contribution < 1.29 is 20.4 Å². The number of hydrogen-bond acceptors (Lipinski definition) is 9. The Hall–Kier alpha value is -3.24. The van der Waals surface area contributed by atoms with E-state index in [0.717, 1.165) is 5.82 Å². The average molecular weight is 457 g/mol. The summed E-state index contributed by atoms with van der Waals surface area (Å²) in [5.41, 5.74) is 8.04. The molecule has 1 atom stereocenters. The Morgan fingerprint density at radius 3 is 2.73 bits per heavy atom. The number of nitrogen functional groups attached to an aromatic ring is 1. The maximum absolute atomic E-state index is 12.7. The molecule has 2 fully saturated rings. The molecule has 2 saturated heterocycles. The van der Waals surface area contributed by atoms with E-state index in [0.29, 0.717) is 68.7 Å². The number of hydrogen-bond donors (Lipinski definition) is 2. The number of piperazine rings is 1. The first-order valence-electron chi connectivity index (χ1n) is 11.1. The minimum Gasteiger partial charge on any atom is -0.475 e. The van der Waals surface area contributed by atoms with E-state index >= 15 is 0 Å². The highest BCUT2D eigenvalue weighted by atomic mass is 16.6. The smallest absolute Gasteiger partial charge is 0.254 e. The highest BCUT2D eigenvalue weighted by Gasteiger charge is 2.30. The summed E-state index contributed by atoms with van der Waals surface area (Å²) >= 11 is 0. The van der Waals surface area contributed by atoms with Gasteiger partial charge in [0.1, 0.15) is 5.82 Å². The number of carbonyl (C=O) groups is 1. The predicted octanol–water partition coefficient (Wildman–Crippen LogP) is 1.57. The predicted molar refractivity (Wildman–Crippen MR) is 126 cm³/mol. The summed E-state index contributed by atoms with van der Waals surface area (Å²) in [5, 5.41) is 8.71. The second kappa shape index (κ2) is 10.1. The molecule has 3 N–H and O–H groups in total. The second-order valence-electron chi connectivity index (χ2n) is 8.30. The van der Waals surface area contributed by atoms with Crippen LogP contribution in [0.5, 0.6) is 5.88 Å². The van der Waals surface area contributed by atoms with Gasteiger partial charge in [0.15, 0.2) is 6.10 Å². The molecule has 0 radical (unpaired) electrons. The fraction of sp³-hybridized carbons (Fsp3) is 0.478. The van der Waals surface area contributed by atoms with Gasteiger partial charge in [-0.25, -0.2) is 9.97 Å². The van der Waals surface area contributed by atoms with Gasteiger partial charge in [-0.15, -0.1) is 0 Å². The first-order chi connectivity index (χ1) is 15.9. The summed E-state index contributed by atoms with van der Waals surface area (Å²) in [7, 11) is 0. The number of aromatic nitrogens is 2. The highest BCUT2D eigenvalue weighted by molar-refractivity contribution is 6.14. The number of carbonyl (C=O) groups excluding carboxylic acids is 1. The topological polar surface area (TPSA) is 127 Å². The maximum atomic E-state index is 12.7. The molecule has 2 aliphatic heterocycles. The van der Waals surface area contributed by atoms with Crippen molar-refractivity contribution in [2.45, 2.75) is 26.1 Å². The van der Waals surface area contributed by atoms with Crippen LogP contribution >= 0.6 is 0 Å². The molecule has 1 unspecified atom stereocenters. The molecule has 4 heterocycles. The number of anilines is 2. The summed E-state index contributed by atoms with van der Waals surface area (Å²) in [6, 6.07) is 5.36. The number of ether oxygens (including phenoxy) is 3. The van der Waals surface area contributed by atoms with E-state index in [4.69, 9.17) is 25.4 Å². The summed E-state index contributed by atoms with van der Waals surface area (Å²) in [6.07, 6.45) is 2.66. The largest absolute Gasteiger partial charge is 0.475 e. The van der Waals surface area contributed by atoms with Gasteiger partial charge >= 0.3 is 0 Å². The summed E-state index contributed by atoms with van der Waals surface area (Å²) in [6.45, 7) is 7.58. The van der Waals surface area contributed by atoms with Gasteiger partial charge in [-0.2, -0.15) is 0 Å². The van der Waals surface area contributed by atoms with Crippen molar-refractivity contribution >= 4 is 23.1 Å². The van der Waals surface area contributed by atoms with Crippen molar-refractivity contribution in [2.75, 3.05) is 56.6 Å². The van der Waals surface area contributed by atoms with Gasteiger partial charge in [0.05, 0.1) is 43.5 Å². The lowest BCUT2D eigenvalue weighted by atomic mass is 10.0. The lowest BCUT2D eigenvalue weighted by Gasteiger charge is -2.37. The van der Waals surface area contributed by atoms with Gasteiger partial charge in [0.2, 0.25) is 5.88 Å². The molecule has 0 spiro atoms. The van der Waals surface area contributed by atoms with Crippen molar-refractivity contribution in [2.24, 2.45) is 0 Å². The fourth-order valence-corrected chi connectivity index (χ4v) is 3.86. The number of rotatable bonds is 6. The van der Waals surface area contributed by atoms with Crippen LogP contribution in [0.3, 0.4) is 0 Å². The zero-order valence-electron chi connectivity index (χ0n) is 19.0. The summed E-state index contributed by atoms with van der Waals surface area (Å²) in [5.74, 6) is 1.17. The molecule has 2 aromatic rings. The van der Waals surface area contributed by atoms with Crippen LogP contribution in [0.15, 0.2) is 30.6 Å². The van der Waals surface area contributed by atoms with Crippen LogP contribution in [0.1, 0.15) is 26.4 Å². The van der Waals surface area contributed by atoms with Gasteiger partial charge in [-0.05, 0) is 26.0 Å². The molecular formula is C23H32N6O4. The molecular weight excluding hydrogens is 424 g/mol. The van der Waals surface area contributed by atoms with Crippen molar-refractivity contribution in [1.82, 2.24) is 14.9 Å². The van der Waals surface area contributed by atoms with Gasteiger partial charge < -0.3 is 29.7 Å². The Kier molecular flexibility index (Phi) is 7.05. The zero-order valence-corrected chi connectivity index (χ0v) is 19.0. The van der Waals surface area contributed by atoms with Crippen molar-refractivity contribution in [1.29, 1.82) is 5.41 Å². The normalized spacial score (nSPS) is 18.9. The first kappa shape index (κ1) is 22.9. The van der Waals surface area contributed by atoms with Crippen LogP contribution in [0, 0.1) is 5.41 Å². The minimum absolute atomic E-state index is 0. The summed E-state index contributed by atoms with van der Waals surface area (Å²) < 4.78 is 16.6. The Morgan fingerprint density at radius 2 is 2.03 bits per heavy atom. The standard InChI is InChI=1S/C23H30N6O4.H2/c1-15(2)33-21-12-17(18(24)13-27-21)22(25)16-3-4-26-20(11-16)28-5-7-29(8-6-28)23(30)19-14-31-9-10-32-19;/h3-4,11-13,15,19,25H,5-10,14,24H2,1-2H3;1H. The number of nitrogens with zero attached hydrogens (tertiary/aromatic N) is 4. The maximum Gasteiger partial charge on any atom is 0.254 e. The van der Waals surface area contributed by atoms with E-state index in [1.165, 1.54) is 6.20 Å². The van der Waals surface area contributed by atoms with E-state index in [9.17, 15) is 4.79 Å². The number of nitrogens with one attached hydrogen (secondary N) is 1. The number of amides is 1. The van der Waals surface area contributed by atoms with Gasteiger partial charge in [-0.3, -0.25) is 10.2 Å². The molecule has 178 valence electrons. The van der Waals surface area contributed by atoms with Gasteiger partial charge in [-0.1, -0.05) is 0 Å². The molecule has 0 saturated carbocycles. The number of pyridine rings is 2. The molecule has 0 aromatic carbocycles. The monoisotopic (exact) mass is 456 g/mol. The molecule has 2 aliphatic rings. The SMILES string of the molecule is CC(C)Oc1cc(C(=N)c2ccnc(N3CCN(C(=O)C4COCCO4)CC3)c2)c(N)cn1.[HH].